The zero-order valence-electron chi connectivity index (χ0n) is 15.0. The van der Waals surface area contributed by atoms with Crippen LogP contribution in [0.25, 0.3) is 0 Å². The van der Waals surface area contributed by atoms with Gasteiger partial charge in [-0.05, 0) is 55.5 Å². The van der Waals surface area contributed by atoms with E-state index < -0.39 is 5.97 Å². The van der Waals surface area contributed by atoms with Gasteiger partial charge in [-0.3, -0.25) is 4.79 Å². The van der Waals surface area contributed by atoms with E-state index in [4.69, 9.17) is 16.3 Å². The summed E-state index contributed by atoms with van der Waals surface area (Å²) in [5.41, 5.74) is 3.26. The number of rotatable bonds is 7. The van der Waals surface area contributed by atoms with Crippen molar-refractivity contribution in [1.82, 2.24) is 5.01 Å². The molecule has 1 aromatic rings. The van der Waals surface area contributed by atoms with E-state index in [1.807, 2.05) is 26.0 Å². The van der Waals surface area contributed by atoms with Crippen molar-refractivity contribution in [3.05, 3.63) is 33.8 Å². The SMILES string of the molecule is CCOC(=O)/C(C)=N\N(C)C(=O)Cc1c(CC)cc(Cl)cc1CC. The lowest BCUT2D eigenvalue weighted by Crippen LogP contribution is -2.27. The number of esters is 1. The van der Waals surface area contributed by atoms with Crippen molar-refractivity contribution in [2.24, 2.45) is 5.10 Å². The molecule has 0 saturated heterocycles. The summed E-state index contributed by atoms with van der Waals surface area (Å²) < 4.78 is 4.87. The van der Waals surface area contributed by atoms with E-state index in [0.29, 0.717) is 5.02 Å². The fraction of sp³-hybridized carbons (Fsp3) is 0.500. The molecule has 0 unspecified atom stereocenters. The highest BCUT2D eigenvalue weighted by molar-refractivity contribution is 6.35. The van der Waals surface area contributed by atoms with Gasteiger partial charge in [-0.1, -0.05) is 25.4 Å². The first-order valence-electron chi connectivity index (χ1n) is 8.12. The van der Waals surface area contributed by atoms with Crippen molar-refractivity contribution in [1.29, 1.82) is 0 Å². The normalized spacial score (nSPS) is 11.3. The van der Waals surface area contributed by atoms with Gasteiger partial charge in [-0.2, -0.15) is 5.10 Å². The summed E-state index contributed by atoms with van der Waals surface area (Å²) in [6, 6.07) is 3.80. The number of benzene rings is 1. The van der Waals surface area contributed by atoms with Gasteiger partial charge in [0.25, 0.3) is 0 Å². The number of amides is 1. The second kappa shape index (κ2) is 9.42. The molecular weight excluding hydrogens is 328 g/mol. The van der Waals surface area contributed by atoms with Crippen LogP contribution >= 0.6 is 11.6 Å². The molecular formula is C18H25ClN2O3. The van der Waals surface area contributed by atoms with Gasteiger partial charge < -0.3 is 4.74 Å². The lowest BCUT2D eigenvalue weighted by atomic mass is 9.95. The Kier molecular flexibility index (Phi) is 7.92. The van der Waals surface area contributed by atoms with Gasteiger partial charge in [-0.15, -0.1) is 0 Å². The van der Waals surface area contributed by atoms with Crippen molar-refractivity contribution in [3.63, 3.8) is 0 Å². The predicted molar refractivity (Wildman–Crippen MR) is 96.4 cm³/mol. The van der Waals surface area contributed by atoms with E-state index in [-0.39, 0.29) is 24.6 Å². The molecule has 0 aromatic heterocycles. The van der Waals surface area contributed by atoms with E-state index in [1.165, 1.54) is 19.0 Å². The Morgan fingerprint density at radius 3 is 2.17 bits per heavy atom. The van der Waals surface area contributed by atoms with Crippen LogP contribution < -0.4 is 0 Å². The molecule has 0 aliphatic heterocycles. The standard InChI is InChI=1S/C18H25ClN2O3/c1-6-13-9-15(19)10-14(7-2)16(13)11-17(22)21(5)20-12(4)18(23)24-8-3/h9-10H,6-8,11H2,1-5H3/b20-12-. The Morgan fingerprint density at radius 2 is 1.71 bits per heavy atom. The van der Waals surface area contributed by atoms with E-state index in [2.05, 4.69) is 5.10 Å². The summed E-state index contributed by atoms with van der Waals surface area (Å²) in [4.78, 5) is 24.1. The summed E-state index contributed by atoms with van der Waals surface area (Å²) in [5.74, 6) is -0.711. The molecule has 6 heteroatoms. The molecule has 132 valence electrons. The number of hydrogen-bond acceptors (Lipinski definition) is 4. The smallest absolute Gasteiger partial charge is 0.354 e. The maximum absolute atomic E-state index is 12.5. The quantitative estimate of drug-likeness (QED) is 0.429. The molecule has 1 rings (SSSR count). The van der Waals surface area contributed by atoms with Gasteiger partial charge in [0, 0.05) is 12.1 Å². The summed E-state index contributed by atoms with van der Waals surface area (Å²) in [6.45, 7) is 7.59. The first kappa shape index (κ1) is 20.2. The number of carbonyl (C=O) groups excluding carboxylic acids is 2. The number of likely N-dealkylation sites (N-methyl/N-ethyl adjacent to an activating group) is 1. The van der Waals surface area contributed by atoms with Crippen LogP contribution in [0.5, 0.6) is 0 Å². The Hall–Kier alpha value is -1.88. The van der Waals surface area contributed by atoms with Crippen LogP contribution in [-0.4, -0.2) is 36.3 Å². The van der Waals surface area contributed by atoms with Gasteiger partial charge in [0.1, 0.15) is 5.71 Å². The lowest BCUT2D eigenvalue weighted by molar-refractivity contribution is -0.135. The first-order valence-corrected chi connectivity index (χ1v) is 8.50. The molecule has 0 radical (unpaired) electrons. The van der Waals surface area contributed by atoms with Crippen molar-refractivity contribution in [2.45, 2.75) is 47.0 Å². The molecule has 24 heavy (non-hydrogen) atoms. The van der Waals surface area contributed by atoms with Gasteiger partial charge in [-0.25, -0.2) is 9.80 Å². The highest BCUT2D eigenvalue weighted by atomic mass is 35.5. The topological polar surface area (TPSA) is 59.0 Å². The van der Waals surface area contributed by atoms with E-state index in [0.717, 1.165) is 29.5 Å². The summed E-state index contributed by atoms with van der Waals surface area (Å²) >= 11 is 6.14. The van der Waals surface area contributed by atoms with Crippen molar-refractivity contribution >= 4 is 29.2 Å². The fourth-order valence-corrected chi connectivity index (χ4v) is 2.70. The Morgan fingerprint density at radius 1 is 1.17 bits per heavy atom. The fourth-order valence-electron chi connectivity index (χ4n) is 2.44. The molecule has 0 bridgehead atoms. The average Bonchev–Trinajstić information content (AvgIpc) is 2.55. The van der Waals surface area contributed by atoms with E-state index in [1.54, 1.807) is 6.92 Å². The second-order valence-corrected chi connectivity index (χ2v) is 5.85. The minimum Gasteiger partial charge on any atom is -0.461 e. The van der Waals surface area contributed by atoms with Crippen molar-refractivity contribution in [2.75, 3.05) is 13.7 Å². The molecule has 5 nitrogen and oxygen atoms in total. The minimum absolute atomic E-state index is 0.148. The zero-order valence-corrected chi connectivity index (χ0v) is 15.7. The molecule has 0 atom stereocenters. The van der Waals surface area contributed by atoms with Crippen LogP contribution in [0.4, 0.5) is 0 Å². The molecule has 0 spiro atoms. The Bertz CT molecular complexity index is 616. The van der Waals surface area contributed by atoms with Gasteiger partial charge in [0.15, 0.2) is 0 Å². The zero-order chi connectivity index (χ0) is 18.3. The molecule has 1 amide bonds. The van der Waals surface area contributed by atoms with Crippen molar-refractivity contribution in [3.8, 4) is 0 Å². The monoisotopic (exact) mass is 352 g/mol. The van der Waals surface area contributed by atoms with Crippen molar-refractivity contribution < 1.29 is 14.3 Å². The molecule has 0 fully saturated rings. The number of nitrogens with zero attached hydrogens (tertiary/aromatic N) is 2. The first-order chi connectivity index (χ1) is 11.3. The molecule has 0 aliphatic rings. The summed E-state index contributed by atoms with van der Waals surface area (Å²) in [7, 11) is 1.54. The number of ether oxygens (including phenoxy) is 1. The number of carbonyl (C=O) groups is 2. The maximum atomic E-state index is 12.5. The average molecular weight is 353 g/mol. The minimum atomic E-state index is -0.521. The van der Waals surface area contributed by atoms with Crippen LogP contribution in [-0.2, 0) is 33.6 Å². The Labute approximate surface area is 148 Å². The van der Waals surface area contributed by atoms with Gasteiger partial charge in [0.05, 0.1) is 13.0 Å². The number of halogens is 1. The molecule has 0 saturated carbocycles. The largest absolute Gasteiger partial charge is 0.461 e. The second-order valence-electron chi connectivity index (χ2n) is 5.41. The third-order valence-corrected chi connectivity index (χ3v) is 3.94. The Balaban J connectivity index is 2.99. The molecule has 0 heterocycles. The van der Waals surface area contributed by atoms with E-state index >= 15 is 0 Å². The highest BCUT2D eigenvalue weighted by Gasteiger charge is 2.17. The highest BCUT2D eigenvalue weighted by Crippen LogP contribution is 2.23. The van der Waals surface area contributed by atoms with Crippen LogP contribution in [0.2, 0.25) is 5.02 Å². The third-order valence-electron chi connectivity index (χ3n) is 3.72. The van der Waals surface area contributed by atoms with Crippen LogP contribution in [0.3, 0.4) is 0 Å². The molecule has 1 aromatic carbocycles. The summed E-state index contributed by atoms with van der Waals surface area (Å²) in [5, 5.41) is 5.90. The lowest BCUT2D eigenvalue weighted by Gasteiger charge is -2.17. The molecule has 0 aliphatic carbocycles. The van der Waals surface area contributed by atoms with Crippen LogP contribution in [0.1, 0.15) is 44.4 Å². The number of hydrogen-bond donors (Lipinski definition) is 0. The van der Waals surface area contributed by atoms with E-state index in [9.17, 15) is 9.59 Å². The summed E-state index contributed by atoms with van der Waals surface area (Å²) in [6.07, 6.45) is 1.82. The van der Waals surface area contributed by atoms with Crippen LogP contribution in [0.15, 0.2) is 17.2 Å². The van der Waals surface area contributed by atoms with Gasteiger partial charge in [0.2, 0.25) is 5.91 Å². The van der Waals surface area contributed by atoms with Gasteiger partial charge >= 0.3 is 5.97 Å². The predicted octanol–water partition coefficient (Wildman–Crippen LogP) is 3.40. The maximum Gasteiger partial charge on any atom is 0.354 e. The molecule has 0 N–H and O–H groups in total. The third kappa shape index (κ3) is 5.34. The van der Waals surface area contributed by atoms with Crippen LogP contribution in [0, 0.1) is 0 Å². The number of aryl methyl sites for hydroxylation is 2. The number of hydrazone groups is 1.